The molecule has 4 nitrogen and oxygen atoms in total. The van der Waals surface area contributed by atoms with Gasteiger partial charge in [0.15, 0.2) is 0 Å². The number of rotatable bonds is 3. The third-order valence-corrected chi connectivity index (χ3v) is 4.77. The van der Waals surface area contributed by atoms with Gasteiger partial charge < -0.3 is 0 Å². The molecule has 2 aromatic carbocycles. The Kier molecular flexibility index (Phi) is 3.46. The molecule has 0 aliphatic heterocycles. The van der Waals surface area contributed by atoms with Gasteiger partial charge in [-0.05, 0) is 0 Å². The van der Waals surface area contributed by atoms with Crippen molar-refractivity contribution < 1.29 is 4.92 Å². The second-order valence-electron chi connectivity index (χ2n) is 4.21. The van der Waals surface area contributed by atoms with Crippen molar-refractivity contribution in [2.24, 2.45) is 0 Å². The molecule has 0 saturated carbocycles. The molecule has 1 heterocycles. The molecule has 3 rings (SSSR count). The fourth-order valence-electron chi connectivity index (χ4n) is 1.87. The zero-order valence-corrected chi connectivity index (χ0v) is 12.1. The van der Waals surface area contributed by atoms with E-state index in [1.807, 2.05) is 30.3 Å². The molecular formula is C15H10N2O2Se. The van der Waals surface area contributed by atoms with Crippen molar-refractivity contribution >= 4 is 20.2 Å². The van der Waals surface area contributed by atoms with Crippen molar-refractivity contribution in [2.75, 3.05) is 0 Å². The molecule has 0 N–H and O–H groups in total. The molecular weight excluding hydrogens is 319 g/mol. The molecule has 0 bridgehead atoms. The molecule has 5 heteroatoms. The van der Waals surface area contributed by atoms with Gasteiger partial charge in [0.2, 0.25) is 0 Å². The number of nitro groups is 1. The van der Waals surface area contributed by atoms with E-state index in [0.717, 1.165) is 21.4 Å². The summed E-state index contributed by atoms with van der Waals surface area (Å²) in [6.45, 7) is 0. The summed E-state index contributed by atoms with van der Waals surface area (Å²) in [5, 5.41) is 10.6. The van der Waals surface area contributed by atoms with Crippen molar-refractivity contribution in [3.8, 4) is 21.4 Å². The number of aromatic nitrogens is 1. The van der Waals surface area contributed by atoms with Crippen LogP contribution in [0.5, 0.6) is 0 Å². The Morgan fingerprint density at radius 3 is 2.30 bits per heavy atom. The first-order chi connectivity index (χ1) is 9.74. The Labute approximate surface area is 121 Å². The summed E-state index contributed by atoms with van der Waals surface area (Å²) in [5.74, 6) is 0. The fraction of sp³-hybridized carbons (Fsp3) is 0. The van der Waals surface area contributed by atoms with Crippen molar-refractivity contribution in [1.29, 1.82) is 0 Å². The first kappa shape index (κ1) is 12.8. The zero-order valence-electron chi connectivity index (χ0n) is 10.4. The average Bonchev–Trinajstić information content (AvgIpc) is 2.98. The van der Waals surface area contributed by atoms with Crippen LogP contribution in [0, 0.1) is 10.1 Å². The van der Waals surface area contributed by atoms with Crippen molar-refractivity contribution in [3.63, 3.8) is 0 Å². The predicted octanol–water partition coefficient (Wildman–Crippen LogP) is 3.38. The Morgan fingerprint density at radius 2 is 1.65 bits per heavy atom. The van der Waals surface area contributed by atoms with Crippen LogP contribution < -0.4 is 0 Å². The molecule has 0 radical (unpaired) electrons. The van der Waals surface area contributed by atoms with Gasteiger partial charge in [0.1, 0.15) is 0 Å². The van der Waals surface area contributed by atoms with Gasteiger partial charge in [-0.25, -0.2) is 0 Å². The topological polar surface area (TPSA) is 56.0 Å². The quantitative estimate of drug-likeness (QED) is 0.420. The maximum absolute atomic E-state index is 10.6. The summed E-state index contributed by atoms with van der Waals surface area (Å²) in [7, 11) is 0. The van der Waals surface area contributed by atoms with E-state index in [1.165, 1.54) is 12.1 Å². The van der Waals surface area contributed by atoms with E-state index < -0.39 is 4.92 Å². The van der Waals surface area contributed by atoms with Gasteiger partial charge in [0, 0.05) is 0 Å². The van der Waals surface area contributed by atoms with Gasteiger partial charge in [-0.3, -0.25) is 0 Å². The van der Waals surface area contributed by atoms with Crippen LogP contribution in [0.25, 0.3) is 21.4 Å². The molecule has 98 valence electrons. The van der Waals surface area contributed by atoms with Gasteiger partial charge in [0.05, 0.1) is 0 Å². The Bertz CT molecular complexity index is 736. The van der Waals surface area contributed by atoms with Crippen LogP contribution in [-0.2, 0) is 0 Å². The van der Waals surface area contributed by atoms with Crippen molar-refractivity contribution in [1.82, 2.24) is 4.98 Å². The van der Waals surface area contributed by atoms with Crippen LogP contribution in [0.1, 0.15) is 0 Å². The van der Waals surface area contributed by atoms with Crippen LogP contribution in [0.4, 0.5) is 5.69 Å². The fourth-order valence-corrected chi connectivity index (χ4v) is 3.63. The predicted molar refractivity (Wildman–Crippen MR) is 78.7 cm³/mol. The number of non-ortho nitro benzene ring substituents is 1. The molecule has 0 unspecified atom stereocenters. The maximum atomic E-state index is 10.6. The minimum absolute atomic E-state index is 0.102. The van der Waals surface area contributed by atoms with E-state index in [2.05, 4.69) is 9.92 Å². The summed E-state index contributed by atoms with van der Waals surface area (Å²) in [5.41, 5.74) is 3.06. The van der Waals surface area contributed by atoms with E-state index in [1.54, 1.807) is 12.1 Å². The number of benzene rings is 2. The number of hydrogen-bond acceptors (Lipinski definition) is 3. The SMILES string of the molecule is O=[N+]([O-])c1ccc(-c2c[se]c(-c3ccccc3)n2)cc1. The summed E-state index contributed by atoms with van der Waals surface area (Å²) in [6.07, 6.45) is 0. The minimum atomic E-state index is -0.393. The molecule has 0 aliphatic carbocycles. The van der Waals surface area contributed by atoms with Crippen LogP contribution in [0.15, 0.2) is 59.5 Å². The molecule has 1 aromatic heterocycles. The molecule has 3 aromatic rings. The Balaban J connectivity index is 1.92. The first-order valence-corrected chi connectivity index (χ1v) is 7.84. The molecule has 0 atom stereocenters. The third-order valence-electron chi connectivity index (χ3n) is 2.90. The van der Waals surface area contributed by atoms with Crippen LogP contribution in [-0.4, -0.2) is 24.4 Å². The van der Waals surface area contributed by atoms with Gasteiger partial charge in [0.25, 0.3) is 0 Å². The number of nitrogens with zero attached hydrogens (tertiary/aromatic N) is 2. The monoisotopic (exact) mass is 330 g/mol. The molecule has 0 aliphatic rings. The second kappa shape index (κ2) is 5.41. The van der Waals surface area contributed by atoms with Crippen molar-refractivity contribution in [2.45, 2.75) is 0 Å². The standard InChI is InChI=1S/C15H10N2O2Se/c18-17(19)13-8-6-11(7-9-13)14-10-20-15(16-14)12-4-2-1-3-5-12/h1-10H. The normalized spacial score (nSPS) is 10.4. The average molecular weight is 329 g/mol. The third kappa shape index (κ3) is 2.54. The van der Waals surface area contributed by atoms with Gasteiger partial charge in [-0.2, -0.15) is 0 Å². The van der Waals surface area contributed by atoms with Crippen LogP contribution in [0.2, 0.25) is 0 Å². The van der Waals surface area contributed by atoms with Crippen LogP contribution >= 0.6 is 0 Å². The number of hydrogen-bond donors (Lipinski definition) is 0. The molecule has 20 heavy (non-hydrogen) atoms. The van der Waals surface area contributed by atoms with E-state index >= 15 is 0 Å². The van der Waals surface area contributed by atoms with E-state index in [9.17, 15) is 10.1 Å². The summed E-state index contributed by atoms with van der Waals surface area (Å²) in [6, 6.07) is 16.6. The summed E-state index contributed by atoms with van der Waals surface area (Å²) in [4.78, 5) is 17.0. The van der Waals surface area contributed by atoms with Crippen molar-refractivity contribution in [3.05, 3.63) is 69.7 Å². The van der Waals surface area contributed by atoms with Gasteiger partial charge in [-0.1, -0.05) is 0 Å². The number of nitro benzene ring substituents is 1. The zero-order chi connectivity index (χ0) is 13.9. The van der Waals surface area contributed by atoms with Gasteiger partial charge in [-0.15, -0.1) is 0 Å². The van der Waals surface area contributed by atoms with E-state index in [0.29, 0.717) is 0 Å². The second-order valence-corrected chi connectivity index (χ2v) is 6.01. The molecule has 0 saturated heterocycles. The first-order valence-electron chi connectivity index (χ1n) is 6.00. The summed E-state index contributed by atoms with van der Waals surface area (Å²) < 4.78 is 1.09. The Hall–Kier alpha value is -2.23. The van der Waals surface area contributed by atoms with Gasteiger partial charge >= 0.3 is 121 Å². The van der Waals surface area contributed by atoms with Crippen LogP contribution in [0.3, 0.4) is 0 Å². The van der Waals surface area contributed by atoms with E-state index in [4.69, 9.17) is 0 Å². The molecule has 0 amide bonds. The van der Waals surface area contributed by atoms with E-state index in [-0.39, 0.29) is 20.2 Å². The summed E-state index contributed by atoms with van der Waals surface area (Å²) >= 11 is 0.207. The Morgan fingerprint density at radius 1 is 0.950 bits per heavy atom. The molecule has 0 fully saturated rings. The molecule has 0 spiro atoms.